The van der Waals surface area contributed by atoms with Crippen LogP contribution in [0.5, 0.6) is 0 Å². The molecular weight excluding hydrogens is 195 g/mol. The molecule has 0 spiro atoms. The van der Waals surface area contributed by atoms with Crippen LogP contribution in [0.15, 0.2) is 18.5 Å². The highest BCUT2D eigenvalue weighted by atomic mass is 19.1. The van der Waals surface area contributed by atoms with Gasteiger partial charge in [-0.15, -0.1) is 0 Å². The minimum Gasteiger partial charge on any atom is -0.385 e. The molecule has 1 aromatic heterocycles. The van der Waals surface area contributed by atoms with Gasteiger partial charge in [-0.2, -0.15) is 0 Å². The summed E-state index contributed by atoms with van der Waals surface area (Å²) in [5.41, 5.74) is 6.72. The number of pyridine rings is 1. The van der Waals surface area contributed by atoms with Gasteiger partial charge in [-0.25, -0.2) is 4.39 Å². The summed E-state index contributed by atoms with van der Waals surface area (Å²) in [6.07, 6.45) is 3.64. The van der Waals surface area contributed by atoms with E-state index in [-0.39, 0.29) is 17.8 Å². The van der Waals surface area contributed by atoms with E-state index in [1.165, 1.54) is 12.3 Å². The summed E-state index contributed by atoms with van der Waals surface area (Å²) in [6, 6.07) is 1.24. The maximum atomic E-state index is 12.9. The smallest absolute Gasteiger partial charge is 0.141 e. The van der Waals surface area contributed by atoms with Gasteiger partial charge in [0.05, 0.1) is 6.20 Å². The molecule has 4 heteroatoms. The van der Waals surface area contributed by atoms with Crippen LogP contribution in [0, 0.1) is 11.7 Å². The Morgan fingerprint density at radius 1 is 1.53 bits per heavy atom. The molecule has 84 valence electrons. The first kappa shape index (κ1) is 12.1. The lowest BCUT2D eigenvalue weighted by atomic mass is 9.94. The summed E-state index contributed by atoms with van der Waals surface area (Å²) in [5, 5.41) is 0. The van der Waals surface area contributed by atoms with Crippen LogP contribution in [-0.2, 0) is 4.74 Å². The lowest BCUT2D eigenvalue weighted by molar-refractivity contribution is 0.174. The second-order valence-corrected chi connectivity index (χ2v) is 3.72. The summed E-state index contributed by atoms with van der Waals surface area (Å²) < 4.78 is 17.9. The van der Waals surface area contributed by atoms with Crippen LogP contribution in [-0.4, -0.2) is 18.7 Å². The highest BCUT2D eigenvalue weighted by Gasteiger charge is 2.15. The Bertz CT molecular complexity index is 306. The van der Waals surface area contributed by atoms with E-state index in [4.69, 9.17) is 10.5 Å². The fourth-order valence-corrected chi connectivity index (χ4v) is 1.42. The van der Waals surface area contributed by atoms with Gasteiger partial charge in [0, 0.05) is 26.0 Å². The van der Waals surface area contributed by atoms with Crippen molar-refractivity contribution in [2.45, 2.75) is 19.4 Å². The summed E-state index contributed by atoms with van der Waals surface area (Å²) in [5.74, 6) is -0.101. The zero-order valence-electron chi connectivity index (χ0n) is 9.11. The number of rotatable bonds is 5. The molecule has 1 aromatic rings. The predicted octanol–water partition coefficient (Wildman–Crippen LogP) is 1.89. The predicted molar refractivity (Wildman–Crippen MR) is 56.8 cm³/mol. The van der Waals surface area contributed by atoms with Crippen LogP contribution in [0.3, 0.4) is 0 Å². The maximum Gasteiger partial charge on any atom is 0.141 e. The van der Waals surface area contributed by atoms with Crippen molar-refractivity contribution in [1.29, 1.82) is 0 Å². The minimum atomic E-state index is -0.345. The number of ether oxygens (including phenoxy) is 1. The zero-order chi connectivity index (χ0) is 11.3. The number of halogens is 1. The molecule has 0 amide bonds. The van der Waals surface area contributed by atoms with E-state index in [0.717, 1.165) is 12.0 Å². The average Bonchev–Trinajstić information content (AvgIpc) is 2.24. The van der Waals surface area contributed by atoms with Gasteiger partial charge < -0.3 is 10.5 Å². The Balaban J connectivity index is 2.62. The average molecular weight is 212 g/mol. The first-order valence-corrected chi connectivity index (χ1v) is 5.00. The van der Waals surface area contributed by atoms with E-state index in [1.54, 1.807) is 13.3 Å². The molecule has 0 saturated heterocycles. The second kappa shape index (κ2) is 5.78. The van der Waals surface area contributed by atoms with E-state index < -0.39 is 0 Å². The number of methoxy groups -OCH3 is 1. The molecule has 0 fully saturated rings. The Morgan fingerprint density at radius 3 is 2.87 bits per heavy atom. The zero-order valence-corrected chi connectivity index (χ0v) is 9.11. The molecule has 0 bridgehead atoms. The normalized spacial score (nSPS) is 14.9. The molecule has 0 aromatic carbocycles. The topological polar surface area (TPSA) is 48.1 Å². The molecule has 0 aliphatic heterocycles. The van der Waals surface area contributed by atoms with Crippen LogP contribution < -0.4 is 5.73 Å². The Labute approximate surface area is 89.5 Å². The third-order valence-electron chi connectivity index (χ3n) is 2.50. The van der Waals surface area contributed by atoms with Gasteiger partial charge in [0.2, 0.25) is 0 Å². The van der Waals surface area contributed by atoms with Crippen molar-refractivity contribution in [2.75, 3.05) is 13.7 Å². The summed E-state index contributed by atoms with van der Waals surface area (Å²) >= 11 is 0. The Morgan fingerprint density at radius 2 is 2.27 bits per heavy atom. The highest BCUT2D eigenvalue weighted by molar-refractivity contribution is 5.15. The van der Waals surface area contributed by atoms with Crippen molar-refractivity contribution in [2.24, 2.45) is 11.7 Å². The monoisotopic (exact) mass is 212 g/mol. The lowest BCUT2D eigenvalue weighted by Crippen LogP contribution is -2.20. The Kier molecular flexibility index (Phi) is 4.65. The molecule has 0 aliphatic rings. The standard InChI is InChI=1S/C11H17FN2O/c1-8(3-4-15-2)11(13)9-5-10(12)7-14-6-9/h5-8,11H,3-4,13H2,1-2H3. The molecule has 2 atom stereocenters. The number of hydrogen-bond donors (Lipinski definition) is 1. The van der Waals surface area contributed by atoms with Crippen LogP contribution in [0.4, 0.5) is 4.39 Å². The summed E-state index contributed by atoms with van der Waals surface area (Å²) in [7, 11) is 1.65. The second-order valence-electron chi connectivity index (χ2n) is 3.72. The molecule has 2 unspecified atom stereocenters. The van der Waals surface area contributed by atoms with E-state index in [2.05, 4.69) is 4.98 Å². The third kappa shape index (κ3) is 3.57. The van der Waals surface area contributed by atoms with Gasteiger partial charge in [0.25, 0.3) is 0 Å². The number of aromatic nitrogens is 1. The summed E-state index contributed by atoms with van der Waals surface area (Å²) in [4.78, 5) is 3.78. The van der Waals surface area contributed by atoms with Crippen LogP contribution >= 0.6 is 0 Å². The van der Waals surface area contributed by atoms with Gasteiger partial charge in [-0.1, -0.05) is 6.92 Å². The van der Waals surface area contributed by atoms with Gasteiger partial charge in [0.1, 0.15) is 5.82 Å². The van der Waals surface area contributed by atoms with Crippen molar-refractivity contribution in [1.82, 2.24) is 4.98 Å². The molecular formula is C11H17FN2O. The van der Waals surface area contributed by atoms with Crippen molar-refractivity contribution in [3.63, 3.8) is 0 Å². The first-order chi connectivity index (χ1) is 7.15. The molecule has 3 nitrogen and oxygen atoms in total. The molecule has 15 heavy (non-hydrogen) atoms. The van der Waals surface area contributed by atoms with Crippen LogP contribution in [0.1, 0.15) is 24.9 Å². The molecule has 2 N–H and O–H groups in total. The van der Waals surface area contributed by atoms with E-state index in [0.29, 0.717) is 6.61 Å². The quantitative estimate of drug-likeness (QED) is 0.810. The Hall–Kier alpha value is -1.00. The van der Waals surface area contributed by atoms with Crippen molar-refractivity contribution in [3.05, 3.63) is 29.8 Å². The minimum absolute atomic E-state index is 0.191. The SMILES string of the molecule is COCCC(C)C(N)c1cncc(F)c1. The van der Waals surface area contributed by atoms with Gasteiger partial charge >= 0.3 is 0 Å². The van der Waals surface area contributed by atoms with Crippen molar-refractivity contribution >= 4 is 0 Å². The first-order valence-electron chi connectivity index (χ1n) is 5.00. The van der Waals surface area contributed by atoms with Gasteiger partial charge in [-0.3, -0.25) is 4.98 Å². The molecule has 1 heterocycles. The van der Waals surface area contributed by atoms with Crippen molar-refractivity contribution < 1.29 is 9.13 Å². The van der Waals surface area contributed by atoms with Crippen LogP contribution in [0.25, 0.3) is 0 Å². The third-order valence-corrected chi connectivity index (χ3v) is 2.50. The molecule has 0 aliphatic carbocycles. The van der Waals surface area contributed by atoms with Crippen LogP contribution in [0.2, 0.25) is 0 Å². The fraction of sp³-hybridized carbons (Fsp3) is 0.545. The number of hydrogen-bond acceptors (Lipinski definition) is 3. The van der Waals surface area contributed by atoms with E-state index in [1.807, 2.05) is 6.92 Å². The fourth-order valence-electron chi connectivity index (χ4n) is 1.42. The molecule has 1 rings (SSSR count). The highest BCUT2D eigenvalue weighted by Crippen LogP contribution is 2.21. The largest absolute Gasteiger partial charge is 0.385 e. The van der Waals surface area contributed by atoms with Gasteiger partial charge in [0.15, 0.2) is 0 Å². The summed E-state index contributed by atoms with van der Waals surface area (Å²) in [6.45, 7) is 2.69. The number of nitrogens with zero attached hydrogens (tertiary/aromatic N) is 1. The van der Waals surface area contributed by atoms with E-state index >= 15 is 0 Å². The molecule has 0 radical (unpaired) electrons. The number of nitrogens with two attached hydrogens (primary N) is 1. The maximum absolute atomic E-state index is 12.9. The molecule has 0 saturated carbocycles. The van der Waals surface area contributed by atoms with E-state index in [9.17, 15) is 4.39 Å². The lowest BCUT2D eigenvalue weighted by Gasteiger charge is -2.19. The van der Waals surface area contributed by atoms with Crippen molar-refractivity contribution in [3.8, 4) is 0 Å². The van der Waals surface area contributed by atoms with Gasteiger partial charge in [-0.05, 0) is 24.0 Å².